The highest BCUT2D eigenvalue weighted by Gasteiger charge is 2.25. The van der Waals surface area contributed by atoms with Crippen LogP contribution in [-0.4, -0.2) is 40.3 Å². The van der Waals surface area contributed by atoms with Gasteiger partial charge in [-0.15, -0.1) is 0 Å². The maximum Gasteiger partial charge on any atom is 0.392 e. The van der Waals surface area contributed by atoms with Crippen LogP contribution in [0.1, 0.15) is 0 Å². The fraction of sp³-hybridized carbons (Fsp3) is 0.429. The van der Waals surface area contributed by atoms with E-state index in [1.807, 2.05) is 0 Å². The average Bonchev–Trinajstić information content (AvgIpc) is 2.25. The number of aromatic nitrogens is 2. The van der Waals surface area contributed by atoms with Crippen molar-refractivity contribution >= 4 is 5.69 Å². The number of ether oxygens (including phenoxy) is 2. The van der Waals surface area contributed by atoms with Crippen molar-refractivity contribution in [2.45, 2.75) is 0 Å². The Kier molecular flexibility index (Phi) is 3.75. The van der Waals surface area contributed by atoms with Gasteiger partial charge in [0, 0.05) is 0 Å². The van der Waals surface area contributed by atoms with Crippen LogP contribution < -0.4 is 9.47 Å². The van der Waals surface area contributed by atoms with Gasteiger partial charge in [0.05, 0.1) is 18.6 Å². The Hall–Kier alpha value is -1.96. The SMILES string of the molecule is COc1ncnc(OCCO)c1[N+](=O)[O-]. The summed E-state index contributed by atoms with van der Waals surface area (Å²) in [5.41, 5.74) is -0.451. The molecule has 0 atom stereocenters. The zero-order valence-electron chi connectivity index (χ0n) is 7.91. The molecule has 8 nitrogen and oxygen atoms in total. The lowest BCUT2D eigenvalue weighted by molar-refractivity contribution is -0.387. The standard InChI is InChI=1S/C7H9N3O5/c1-14-6-5(10(12)13)7(9-4-8-6)15-3-2-11/h4,11H,2-3H2,1H3. The van der Waals surface area contributed by atoms with Gasteiger partial charge < -0.3 is 14.6 Å². The number of nitrogens with zero attached hydrogens (tertiary/aromatic N) is 3. The molecular weight excluding hydrogens is 206 g/mol. The molecule has 0 aliphatic rings. The minimum absolute atomic E-state index is 0.0823. The lowest BCUT2D eigenvalue weighted by Gasteiger charge is -2.05. The molecule has 0 aromatic carbocycles. The third-order valence-electron chi connectivity index (χ3n) is 1.46. The van der Waals surface area contributed by atoms with Gasteiger partial charge in [0.15, 0.2) is 0 Å². The molecule has 1 N–H and O–H groups in total. The highest BCUT2D eigenvalue weighted by atomic mass is 16.6. The first kappa shape index (κ1) is 11.1. The molecule has 0 unspecified atom stereocenters. The zero-order chi connectivity index (χ0) is 11.3. The van der Waals surface area contributed by atoms with Gasteiger partial charge in [0.1, 0.15) is 12.9 Å². The Bertz CT molecular complexity index is 356. The van der Waals surface area contributed by atoms with Crippen LogP contribution in [0.2, 0.25) is 0 Å². The van der Waals surface area contributed by atoms with Crippen molar-refractivity contribution < 1.29 is 19.5 Å². The second-order valence-corrected chi connectivity index (χ2v) is 2.37. The maximum atomic E-state index is 10.7. The summed E-state index contributed by atoms with van der Waals surface area (Å²) in [6.07, 6.45) is 1.08. The van der Waals surface area contributed by atoms with E-state index >= 15 is 0 Å². The van der Waals surface area contributed by atoms with Crippen LogP contribution in [0.4, 0.5) is 5.69 Å². The van der Waals surface area contributed by atoms with Crippen LogP contribution in [0.3, 0.4) is 0 Å². The van der Waals surface area contributed by atoms with E-state index in [2.05, 4.69) is 9.97 Å². The van der Waals surface area contributed by atoms with Crippen LogP contribution in [-0.2, 0) is 0 Å². The molecule has 0 aliphatic heterocycles. The van der Waals surface area contributed by atoms with Gasteiger partial charge in [-0.1, -0.05) is 0 Å². The summed E-state index contributed by atoms with van der Waals surface area (Å²) in [5.74, 6) is -0.399. The van der Waals surface area contributed by atoms with Crippen molar-refractivity contribution in [1.82, 2.24) is 9.97 Å². The molecule has 15 heavy (non-hydrogen) atoms. The smallest absolute Gasteiger partial charge is 0.392 e. The molecule has 1 aromatic rings. The number of aliphatic hydroxyl groups is 1. The Morgan fingerprint density at radius 3 is 2.73 bits per heavy atom. The fourth-order valence-electron chi connectivity index (χ4n) is 0.901. The van der Waals surface area contributed by atoms with E-state index in [0.29, 0.717) is 0 Å². The summed E-state index contributed by atoms with van der Waals surface area (Å²) >= 11 is 0. The van der Waals surface area contributed by atoms with E-state index in [9.17, 15) is 10.1 Å². The topological polar surface area (TPSA) is 108 Å². The normalized spacial score (nSPS) is 9.73. The molecule has 1 heterocycles. The van der Waals surface area contributed by atoms with Crippen LogP contribution in [0.25, 0.3) is 0 Å². The zero-order valence-corrected chi connectivity index (χ0v) is 7.91. The number of methoxy groups -OCH3 is 1. The van der Waals surface area contributed by atoms with Crippen LogP contribution >= 0.6 is 0 Å². The summed E-state index contributed by atoms with van der Waals surface area (Å²) in [5, 5.41) is 19.2. The summed E-state index contributed by atoms with van der Waals surface area (Å²) in [6, 6.07) is 0. The number of hydrogen-bond donors (Lipinski definition) is 1. The van der Waals surface area contributed by atoms with Gasteiger partial charge in [0.25, 0.3) is 0 Å². The lowest BCUT2D eigenvalue weighted by atomic mass is 10.5. The van der Waals surface area contributed by atoms with Gasteiger partial charge in [-0.3, -0.25) is 10.1 Å². The molecule has 0 saturated heterocycles. The van der Waals surface area contributed by atoms with Crippen molar-refractivity contribution in [3.05, 3.63) is 16.4 Å². The van der Waals surface area contributed by atoms with E-state index in [0.717, 1.165) is 6.33 Å². The molecule has 0 bridgehead atoms. The Labute approximate surface area is 84.6 Å². The van der Waals surface area contributed by atoms with Crippen molar-refractivity contribution in [2.24, 2.45) is 0 Å². The van der Waals surface area contributed by atoms with Gasteiger partial charge in [0.2, 0.25) is 0 Å². The predicted molar refractivity (Wildman–Crippen MR) is 47.8 cm³/mol. The molecule has 0 amide bonds. The van der Waals surface area contributed by atoms with E-state index in [1.165, 1.54) is 7.11 Å². The molecule has 0 saturated carbocycles. The molecule has 0 aliphatic carbocycles. The van der Waals surface area contributed by atoms with Gasteiger partial charge in [-0.05, 0) is 0 Å². The fourth-order valence-corrected chi connectivity index (χ4v) is 0.901. The minimum atomic E-state index is -0.703. The quantitative estimate of drug-likeness (QED) is 0.533. The largest absolute Gasteiger partial charge is 0.476 e. The molecule has 0 radical (unpaired) electrons. The van der Waals surface area contributed by atoms with Gasteiger partial charge >= 0.3 is 17.4 Å². The highest BCUT2D eigenvalue weighted by molar-refractivity contribution is 5.48. The molecule has 0 fully saturated rings. The molecule has 82 valence electrons. The van der Waals surface area contributed by atoms with E-state index in [4.69, 9.17) is 14.6 Å². The second kappa shape index (κ2) is 5.05. The highest BCUT2D eigenvalue weighted by Crippen LogP contribution is 2.31. The summed E-state index contributed by atoms with van der Waals surface area (Å²) in [4.78, 5) is 17.1. The van der Waals surface area contributed by atoms with Crippen LogP contribution in [0.15, 0.2) is 6.33 Å². The summed E-state index contributed by atoms with van der Waals surface area (Å²) in [6.45, 7) is -0.343. The molecule has 0 spiro atoms. The molecule has 1 rings (SSSR count). The lowest BCUT2D eigenvalue weighted by Crippen LogP contribution is -2.07. The third-order valence-corrected chi connectivity index (χ3v) is 1.46. The second-order valence-electron chi connectivity index (χ2n) is 2.37. The van der Waals surface area contributed by atoms with E-state index in [-0.39, 0.29) is 25.0 Å². The number of aliphatic hydroxyl groups excluding tert-OH is 1. The van der Waals surface area contributed by atoms with E-state index < -0.39 is 10.6 Å². The summed E-state index contributed by atoms with van der Waals surface area (Å²) < 4.78 is 9.56. The first-order chi connectivity index (χ1) is 7.20. The van der Waals surface area contributed by atoms with Crippen molar-refractivity contribution in [3.8, 4) is 11.8 Å². The first-order valence-corrected chi connectivity index (χ1v) is 3.97. The number of hydrogen-bond acceptors (Lipinski definition) is 7. The molecular formula is C7H9N3O5. The van der Waals surface area contributed by atoms with Crippen molar-refractivity contribution in [1.29, 1.82) is 0 Å². The number of rotatable bonds is 5. The monoisotopic (exact) mass is 215 g/mol. The average molecular weight is 215 g/mol. The van der Waals surface area contributed by atoms with Crippen LogP contribution in [0, 0.1) is 10.1 Å². The summed E-state index contributed by atoms with van der Waals surface area (Å²) in [7, 11) is 1.26. The first-order valence-electron chi connectivity index (χ1n) is 3.97. The third kappa shape index (κ3) is 2.50. The van der Waals surface area contributed by atoms with E-state index in [1.54, 1.807) is 0 Å². The predicted octanol–water partition coefficient (Wildman–Crippen LogP) is -0.236. The molecule has 1 aromatic heterocycles. The Morgan fingerprint density at radius 2 is 2.20 bits per heavy atom. The minimum Gasteiger partial charge on any atom is -0.476 e. The van der Waals surface area contributed by atoms with Crippen molar-refractivity contribution in [2.75, 3.05) is 20.3 Å². The van der Waals surface area contributed by atoms with Crippen LogP contribution in [0.5, 0.6) is 11.8 Å². The Balaban J connectivity index is 3.07. The van der Waals surface area contributed by atoms with Gasteiger partial charge in [-0.2, -0.15) is 9.97 Å². The number of nitro groups is 1. The van der Waals surface area contributed by atoms with Gasteiger partial charge in [-0.25, -0.2) is 0 Å². The maximum absolute atomic E-state index is 10.7. The van der Waals surface area contributed by atoms with Crippen molar-refractivity contribution in [3.63, 3.8) is 0 Å². The Morgan fingerprint density at radius 1 is 1.53 bits per heavy atom. The molecule has 8 heteroatoms.